The zero-order chi connectivity index (χ0) is 23.1. The highest BCUT2D eigenvalue weighted by atomic mass is 16.4. The van der Waals surface area contributed by atoms with Gasteiger partial charge in [-0.3, -0.25) is 28.9 Å². The SMILES string of the molecule is CC(N)C(=O)N(C(=O)C(N)CCC(=O)O)C(CCC(N)=O)(C(=O)O)C(=O)C(C)N. The Kier molecular flexibility index (Phi) is 9.53. The molecule has 0 radical (unpaired) electrons. The molecule has 4 atom stereocenters. The first kappa shape index (κ1) is 26.1. The van der Waals surface area contributed by atoms with Crippen molar-refractivity contribution in [1.29, 1.82) is 0 Å². The molecule has 0 heterocycles. The lowest BCUT2D eigenvalue weighted by Gasteiger charge is -2.40. The maximum absolute atomic E-state index is 12.9. The second-order valence-corrected chi connectivity index (χ2v) is 6.62. The van der Waals surface area contributed by atoms with Gasteiger partial charge >= 0.3 is 11.9 Å². The third-order valence-corrected chi connectivity index (χ3v) is 4.11. The van der Waals surface area contributed by atoms with E-state index in [2.05, 4.69) is 0 Å². The summed E-state index contributed by atoms with van der Waals surface area (Å²) < 4.78 is 0. The number of rotatable bonds is 12. The molecule has 0 aromatic carbocycles. The van der Waals surface area contributed by atoms with Gasteiger partial charge in [0.25, 0.3) is 0 Å². The molecule has 0 spiro atoms. The predicted octanol–water partition coefficient (Wildman–Crippen LogP) is -3.11. The lowest BCUT2D eigenvalue weighted by Crippen LogP contribution is -2.70. The lowest BCUT2D eigenvalue weighted by atomic mass is 9.82. The molecule has 0 bridgehead atoms. The van der Waals surface area contributed by atoms with E-state index >= 15 is 0 Å². The van der Waals surface area contributed by atoms with E-state index in [0.717, 1.165) is 13.8 Å². The second-order valence-electron chi connectivity index (χ2n) is 6.62. The van der Waals surface area contributed by atoms with Crippen LogP contribution in [0.5, 0.6) is 0 Å². The molecule has 0 aliphatic carbocycles. The van der Waals surface area contributed by atoms with Gasteiger partial charge in [-0.25, -0.2) is 4.79 Å². The van der Waals surface area contributed by atoms with E-state index in [9.17, 15) is 33.9 Å². The molecule has 0 saturated heterocycles. The first-order valence-electron chi connectivity index (χ1n) is 8.62. The van der Waals surface area contributed by atoms with Crippen LogP contribution in [0.25, 0.3) is 0 Å². The molecule has 0 aromatic heterocycles. The van der Waals surface area contributed by atoms with E-state index in [4.69, 9.17) is 28.0 Å². The van der Waals surface area contributed by atoms with Crippen LogP contribution in [0.3, 0.4) is 0 Å². The summed E-state index contributed by atoms with van der Waals surface area (Å²) in [7, 11) is 0. The Bertz CT molecular complexity index is 693. The van der Waals surface area contributed by atoms with Crippen molar-refractivity contribution in [3.8, 4) is 0 Å². The Morgan fingerprint density at radius 2 is 1.41 bits per heavy atom. The quantitative estimate of drug-likeness (QED) is 0.173. The van der Waals surface area contributed by atoms with Gasteiger partial charge < -0.3 is 33.1 Å². The summed E-state index contributed by atoms with van der Waals surface area (Å²) in [5, 5.41) is 18.6. The van der Waals surface area contributed by atoms with E-state index in [0.29, 0.717) is 0 Å². The first-order valence-corrected chi connectivity index (χ1v) is 8.62. The molecule has 0 aromatic rings. The number of nitrogens with two attached hydrogens (primary N) is 4. The van der Waals surface area contributed by atoms with E-state index in [1.54, 1.807) is 0 Å². The molecule has 0 aliphatic rings. The van der Waals surface area contributed by atoms with Crippen molar-refractivity contribution in [3.05, 3.63) is 0 Å². The van der Waals surface area contributed by atoms with Crippen LogP contribution in [0.1, 0.15) is 39.5 Å². The molecular formula is C16H27N5O8. The minimum absolute atomic E-state index is 0.0845. The highest BCUT2D eigenvalue weighted by molar-refractivity contribution is 6.17. The summed E-state index contributed by atoms with van der Waals surface area (Å²) in [5.41, 5.74) is 18.9. The number of Topliss-reactive ketones (excluding diaryl/α,β-unsaturated/α-hetero) is 1. The van der Waals surface area contributed by atoms with Gasteiger partial charge in [-0.1, -0.05) is 0 Å². The Morgan fingerprint density at radius 3 is 1.76 bits per heavy atom. The lowest BCUT2D eigenvalue weighted by molar-refractivity contribution is -0.173. The first-order chi connectivity index (χ1) is 13.2. The summed E-state index contributed by atoms with van der Waals surface area (Å²) >= 11 is 0. The number of aliphatic carboxylic acids is 2. The van der Waals surface area contributed by atoms with Gasteiger partial charge in [0.05, 0.1) is 18.1 Å². The number of hydrogen-bond acceptors (Lipinski definition) is 9. The van der Waals surface area contributed by atoms with Gasteiger partial charge in [-0.2, -0.15) is 0 Å². The molecule has 10 N–H and O–H groups in total. The van der Waals surface area contributed by atoms with E-state index in [1.165, 1.54) is 0 Å². The Labute approximate surface area is 166 Å². The maximum atomic E-state index is 12.9. The zero-order valence-corrected chi connectivity index (χ0v) is 16.2. The van der Waals surface area contributed by atoms with Crippen molar-refractivity contribution in [2.24, 2.45) is 22.9 Å². The molecule has 0 fully saturated rings. The molecule has 4 unspecified atom stereocenters. The van der Waals surface area contributed by atoms with Gasteiger partial charge in [0.2, 0.25) is 23.3 Å². The van der Waals surface area contributed by atoms with Crippen molar-refractivity contribution >= 4 is 35.4 Å². The molecule has 29 heavy (non-hydrogen) atoms. The number of carboxylic acids is 2. The topological polar surface area (TPSA) is 250 Å². The van der Waals surface area contributed by atoms with Crippen molar-refractivity contribution in [2.75, 3.05) is 0 Å². The zero-order valence-electron chi connectivity index (χ0n) is 16.2. The number of imide groups is 1. The smallest absolute Gasteiger partial charge is 0.338 e. The molecule has 0 rings (SSSR count). The number of hydrogen-bond donors (Lipinski definition) is 6. The fourth-order valence-corrected chi connectivity index (χ4v) is 2.59. The maximum Gasteiger partial charge on any atom is 0.338 e. The largest absolute Gasteiger partial charge is 0.481 e. The highest BCUT2D eigenvalue weighted by Crippen LogP contribution is 2.27. The average Bonchev–Trinajstić information content (AvgIpc) is 2.60. The van der Waals surface area contributed by atoms with Crippen LogP contribution >= 0.6 is 0 Å². The van der Waals surface area contributed by atoms with E-state index < -0.39 is 84.8 Å². The van der Waals surface area contributed by atoms with Gasteiger partial charge in [-0.15, -0.1) is 0 Å². The number of ketones is 1. The third kappa shape index (κ3) is 6.30. The number of carbonyl (C=O) groups excluding carboxylic acids is 4. The van der Waals surface area contributed by atoms with E-state index in [1.807, 2.05) is 0 Å². The van der Waals surface area contributed by atoms with E-state index in [-0.39, 0.29) is 4.90 Å². The van der Waals surface area contributed by atoms with Crippen molar-refractivity contribution in [3.63, 3.8) is 0 Å². The second kappa shape index (κ2) is 10.6. The minimum Gasteiger partial charge on any atom is -0.481 e. The minimum atomic E-state index is -2.90. The summed E-state index contributed by atoms with van der Waals surface area (Å²) in [4.78, 5) is 72.6. The summed E-state index contributed by atoms with van der Waals surface area (Å²) in [6, 6.07) is -4.52. The number of nitrogens with zero attached hydrogens (tertiary/aromatic N) is 1. The van der Waals surface area contributed by atoms with Gasteiger partial charge in [0.15, 0.2) is 5.78 Å². The van der Waals surface area contributed by atoms with Crippen LogP contribution in [-0.4, -0.2) is 74.2 Å². The van der Waals surface area contributed by atoms with Crippen LogP contribution < -0.4 is 22.9 Å². The van der Waals surface area contributed by atoms with Crippen molar-refractivity contribution in [2.45, 2.75) is 63.2 Å². The molecule has 0 aliphatic heterocycles. The number of carbonyl (C=O) groups is 6. The van der Waals surface area contributed by atoms with Gasteiger partial charge in [0.1, 0.15) is 0 Å². The van der Waals surface area contributed by atoms with Crippen LogP contribution in [0, 0.1) is 0 Å². The van der Waals surface area contributed by atoms with Crippen LogP contribution in [0.2, 0.25) is 0 Å². The van der Waals surface area contributed by atoms with Gasteiger partial charge in [-0.05, 0) is 26.7 Å². The number of primary amides is 1. The molecular weight excluding hydrogens is 390 g/mol. The van der Waals surface area contributed by atoms with Crippen molar-refractivity contribution in [1.82, 2.24) is 4.90 Å². The fourth-order valence-electron chi connectivity index (χ4n) is 2.59. The van der Waals surface area contributed by atoms with Crippen LogP contribution in [-0.2, 0) is 28.8 Å². The Hall–Kier alpha value is -2.90. The molecule has 164 valence electrons. The average molecular weight is 417 g/mol. The normalized spacial score (nSPS) is 16.0. The predicted molar refractivity (Wildman–Crippen MR) is 97.8 cm³/mol. The summed E-state index contributed by atoms with van der Waals surface area (Å²) in [6.07, 6.45) is -2.54. The Morgan fingerprint density at radius 1 is 0.897 bits per heavy atom. The number of amides is 3. The monoisotopic (exact) mass is 417 g/mol. The summed E-state index contributed by atoms with van der Waals surface area (Å²) in [5.74, 6) is -8.07. The summed E-state index contributed by atoms with van der Waals surface area (Å²) in [6.45, 7) is 2.27. The Balaban J connectivity index is 6.61. The van der Waals surface area contributed by atoms with Crippen molar-refractivity contribution < 1.29 is 39.0 Å². The van der Waals surface area contributed by atoms with Crippen LogP contribution in [0.4, 0.5) is 0 Å². The third-order valence-electron chi connectivity index (χ3n) is 4.11. The molecule has 3 amide bonds. The van der Waals surface area contributed by atoms with Gasteiger partial charge in [0, 0.05) is 12.8 Å². The fraction of sp³-hybridized carbons (Fsp3) is 0.625. The molecule has 13 heteroatoms. The standard InChI is InChI=1S/C16H27N5O8/c1-7(17)12(25)16(15(28)29,6-5-10(20)22)21(13(26)8(2)18)14(27)9(19)3-4-11(23)24/h7-9H,3-6,17-19H2,1-2H3,(H2,20,22)(H,23,24)(H,28,29). The number of carboxylic acid groups (broad SMARTS) is 2. The molecule has 13 nitrogen and oxygen atoms in total. The molecule has 0 saturated carbocycles. The highest BCUT2D eigenvalue weighted by Gasteiger charge is 2.57. The van der Waals surface area contributed by atoms with Crippen LogP contribution in [0.15, 0.2) is 0 Å².